The maximum absolute atomic E-state index is 6.06. The Bertz CT molecular complexity index is 299. The number of aromatic nitrogens is 1. The molecule has 1 heterocycles. The minimum atomic E-state index is 0.253. The van der Waals surface area contributed by atoms with Gasteiger partial charge in [-0.05, 0) is 52.7 Å². The molecule has 3 heteroatoms. The molecule has 1 aromatic rings. The molecule has 1 rings (SSSR count). The number of hydrogen-bond acceptors (Lipinski definition) is 2. The van der Waals surface area contributed by atoms with E-state index < -0.39 is 0 Å². The van der Waals surface area contributed by atoms with Gasteiger partial charge in [-0.1, -0.05) is 13.8 Å². The predicted octanol–water partition coefficient (Wildman–Crippen LogP) is 3.15. The summed E-state index contributed by atoms with van der Waals surface area (Å²) >= 11 is 3.41. The van der Waals surface area contributed by atoms with Crippen molar-refractivity contribution in [3.8, 4) is 0 Å². The highest BCUT2D eigenvalue weighted by Crippen LogP contribution is 2.13. The summed E-state index contributed by atoms with van der Waals surface area (Å²) in [7, 11) is 0. The van der Waals surface area contributed by atoms with E-state index in [1.165, 1.54) is 12.0 Å². The Kier molecular flexibility index (Phi) is 5.26. The van der Waals surface area contributed by atoms with Gasteiger partial charge in [-0.3, -0.25) is 4.98 Å². The van der Waals surface area contributed by atoms with Crippen LogP contribution < -0.4 is 5.73 Å². The Morgan fingerprint density at radius 2 is 2.07 bits per heavy atom. The molecule has 0 amide bonds. The van der Waals surface area contributed by atoms with Crippen LogP contribution >= 0.6 is 15.9 Å². The standard InChI is InChI=1S/C12H19BrN2/c1-9(2)3-4-12(14)6-10-5-11(13)8-15-7-10/h5,7-9,12H,3-4,6,14H2,1-2H3. The monoisotopic (exact) mass is 270 g/mol. The first-order valence-corrected chi connectivity index (χ1v) is 6.22. The molecule has 84 valence electrons. The third-order valence-corrected chi connectivity index (χ3v) is 2.81. The van der Waals surface area contributed by atoms with Crippen molar-refractivity contribution in [3.05, 3.63) is 28.5 Å². The fraction of sp³-hybridized carbons (Fsp3) is 0.583. The second kappa shape index (κ2) is 6.23. The van der Waals surface area contributed by atoms with E-state index in [9.17, 15) is 0 Å². The molecule has 0 radical (unpaired) electrons. The average molecular weight is 271 g/mol. The molecule has 0 bridgehead atoms. The normalized spacial score (nSPS) is 13.1. The first-order chi connectivity index (χ1) is 7.08. The summed E-state index contributed by atoms with van der Waals surface area (Å²) in [5, 5.41) is 0. The molecule has 0 saturated heterocycles. The number of nitrogens with two attached hydrogens (primary N) is 1. The van der Waals surface area contributed by atoms with Crippen molar-refractivity contribution < 1.29 is 0 Å². The number of hydrogen-bond donors (Lipinski definition) is 1. The van der Waals surface area contributed by atoms with Gasteiger partial charge in [-0.2, -0.15) is 0 Å². The van der Waals surface area contributed by atoms with Crippen molar-refractivity contribution in [2.75, 3.05) is 0 Å². The van der Waals surface area contributed by atoms with Crippen molar-refractivity contribution in [1.29, 1.82) is 0 Å². The Hall–Kier alpha value is -0.410. The number of rotatable bonds is 5. The minimum Gasteiger partial charge on any atom is -0.327 e. The second-order valence-corrected chi connectivity index (χ2v) is 5.36. The molecule has 2 nitrogen and oxygen atoms in total. The van der Waals surface area contributed by atoms with Gasteiger partial charge in [0.1, 0.15) is 0 Å². The van der Waals surface area contributed by atoms with Gasteiger partial charge in [0.2, 0.25) is 0 Å². The zero-order valence-corrected chi connectivity index (χ0v) is 11.0. The van der Waals surface area contributed by atoms with Gasteiger partial charge in [-0.25, -0.2) is 0 Å². The van der Waals surface area contributed by atoms with Crippen LogP contribution in [0.2, 0.25) is 0 Å². The molecule has 1 unspecified atom stereocenters. The third kappa shape index (κ3) is 5.28. The minimum absolute atomic E-state index is 0.253. The van der Waals surface area contributed by atoms with Crippen LogP contribution in [0.5, 0.6) is 0 Å². The van der Waals surface area contributed by atoms with E-state index >= 15 is 0 Å². The number of halogens is 1. The molecule has 0 spiro atoms. The van der Waals surface area contributed by atoms with Gasteiger partial charge >= 0.3 is 0 Å². The van der Waals surface area contributed by atoms with Crippen LogP contribution in [0.15, 0.2) is 22.9 Å². The quantitative estimate of drug-likeness (QED) is 0.893. The van der Waals surface area contributed by atoms with E-state index in [0.29, 0.717) is 0 Å². The van der Waals surface area contributed by atoms with Gasteiger partial charge in [0.05, 0.1) is 0 Å². The van der Waals surface area contributed by atoms with Crippen LogP contribution in [0.1, 0.15) is 32.3 Å². The van der Waals surface area contributed by atoms with Crippen molar-refractivity contribution in [2.45, 2.75) is 39.2 Å². The van der Waals surface area contributed by atoms with Crippen molar-refractivity contribution in [2.24, 2.45) is 11.7 Å². The molecular formula is C12H19BrN2. The Balaban J connectivity index is 2.40. The summed E-state index contributed by atoms with van der Waals surface area (Å²) in [6, 6.07) is 2.34. The van der Waals surface area contributed by atoms with Crippen LogP contribution in [-0.4, -0.2) is 11.0 Å². The average Bonchev–Trinajstić information content (AvgIpc) is 2.15. The zero-order chi connectivity index (χ0) is 11.3. The largest absolute Gasteiger partial charge is 0.327 e. The number of nitrogens with zero attached hydrogens (tertiary/aromatic N) is 1. The molecule has 1 atom stereocenters. The van der Waals surface area contributed by atoms with E-state index in [4.69, 9.17) is 5.73 Å². The lowest BCUT2D eigenvalue weighted by Crippen LogP contribution is -2.23. The summed E-state index contributed by atoms with van der Waals surface area (Å²) in [4.78, 5) is 4.13. The summed E-state index contributed by atoms with van der Waals surface area (Å²) in [5.74, 6) is 0.733. The highest BCUT2D eigenvalue weighted by atomic mass is 79.9. The van der Waals surface area contributed by atoms with E-state index in [1.807, 2.05) is 6.20 Å². The fourth-order valence-corrected chi connectivity index (χ4v) is 1.93. The molecule has 0 aliphatic rings. The van der Waals surface area contributed by atoms with Crippen LogP contribution in [0, 0.1) is 5.92 Å². The Morgan fingerprint density at radius 3 is 2.67 bits per heavy atom. The molecule has 2 N–H and O–H groups in total. The lowest BCUT2D eigenvalue weighted by Gasteiger charge is -2.12. The van der Waals surface area contributed by atoms with Gasteiger partial charge < -0.3 is 5.73 Å². The smallest absolute Gasteiger partial charge is 0.0410 e. The summed E-state index contributed by atoms with van der Waals surface area (Å²) in [5.41, 5.74) is 7.27. The molecular weight excluding hydrogens is 252 g/mol. The third-order valence-electron chi connectivity index (χ3n) is 2.37. The van der Waals surface area contributed by atoms with Gasteiger partial charge in [0, 0.05) is 22.9 Å². The Morgan fingerprint density at radius 1 is 1.33 bits per heavy atom. The van der Waals surface area contributed by atoms with Gasteiger partial charge in [0.25, 0.3) is 0 Å². The van der Waals surface area contributed by atoms with E-state index in [1.54, 1.807) is 6.20 Å². The first-order valence-electron chi connectivity index (χ1n) is 5.43. The summed E-state index contributed by atoms with van der Waals surface area (Å²) in [6.07, 6.45) is 6.88. The predicted molar refractivity (Wildman–Crippen MR) is 67.7 cm³/mol. The van der Waals surface area contributed by atoms with Crippen molar-refractivity contribution >= 4 is 15.9 Å². The van der Waals surface area contributed by atoms with Crippen LogP contribution in [0.4, 0.5) is 0 Å². The van der Waals surface area contributed by atoms with Gasteiger partial charge in [0.15, 0.2) is 0 Å². The van der Waals surface area contributed by atoms with Crippen LogP contribution in [-0.2, 0) is 6.42 Å². The molecule has 0 aliphatic carbocycles. The molecule has 15 heavy (non-hydrogen) atoms. The molecule has 0 aromatic carbocycles. The first kappa shape index (κ1) is 12.7. The Labute approximate surface area is 100 Å². The molecule has 1 aromatic heterocycles. The summed E-state index contributed by atoms with van der Waals surface area (Å²) < 4.78 is 1.02. The summed E-state index contributed by atoms with van der Waals surface area (Å²) in [6.45, 7) is 4.46. The SMILES string of the molecule is CC(C)CCC(N)Cc1cncc(Br)c1. The lowest BCUT2D eigenvalue weighted by atomic mass is 9.99. The molecule has 0 saturated carbocycles. The van der Waals surface area contributed by atoms with Crippen LogP contribution in [0.3, 0.4) is 0 Å². The number of pyridine rings is 1. The molecule has 0 aliphatic heterocycles. The topological polar surface area (TPSA) is 38.9 Å². The zero-order valence-electron chi connectivity index (χ0n) is 9.41. The van der Waals surface area contributed by atoms with Crippen LogP contribution in [0.25, 0.3) is 0 Å². The maximum atomic E-state index is 6.06. The fourth-order valence-electron chi connectivity index (χ4n) is 1.52. The van der Waals surface area contributed by atoms with Crippen molar-refractivity contribution in [3.63, 3.8) is 0 Å². The maximum Gasteiger partial charge on any atom is 0.0410 e. The highest BCUT2D eigenvalue weighted by Gasteiger charge is 2.06. The second-order valence-electron chi connectivity index (χ2n) is 4.45. The molecule has 0 fully saturated rings. The van der Waals surface area contributed by atoms with E-state index in [0.717, 1.165) is 23.2 Å². The highest BCUT2D eigenvalue weighted by molar-refractivity contribution is 9.10. The van der Waals surface area contributed by atoms with E-state index in [-0.39, 0.29) is 6.04 Å². The lowest BCUT2D eigenvalue weighted by molar-refractivity contribution is 0.494. The van der Waals surface area contributed by atoms with E-state index in [2.05, 4.69) is 40.8 Å². The van der Waals surface area contributed by atoms with Crippen molar-refractivity contribution in [1.82, 2.24) is 4.98 Å². The van der Waals surface area contributed by atoms with Gasteiger partial charge in [-0.15, -0.1) is 0 Å².